The third-order valence-corrected chi connectivity index (χ3v) is 4.97. The number of amides is 1. The molecule has 1 atom stereocenters. The van der Waals surface area contributed by atoms with Crippen LogP contribution in [0.4, 0.5) is 10.1 Å². The van der Waals surface area contributed by atoms with Gasteiger partial charge < -0.3 is 10.1 Å². The smallest absolute Gasteiger partial charge is 0.241 e. The first-order valence-electron chi connectivity index (χ1n) is 9.65. The van der Waals surface area contributed by atoms with Crippen molar-refractivity contribution in [3.8, 4) is 11.5 Å². The maximum absolute atomic E-state index is 13.1. The van der Waals surface area contributed by atoms with Crippen molar-refractivity contribution in [1.29, 1.82) is 0 Å². The number of carbonyl (C=O) groups is 1. The first kappa shape index (κ1) is 19.1. The van der Waals surface area contributed by atoms with Gasteiger partial charge in [-0.3, -0.25) is 14.7 Å². The Labute approximate surface area is 169 Å². The highest BCUT2D eigenvalue weighted by Gasteiger charge is 2.31. The molecule has 1 aliphatic rings. The number of para-hydroxylation sites is 2. The van der Waals surface area contributed by atoms with E-state index in [2.05, 4.69) is 15.2 Å². The number of likely N-dealkylation sites (tertiary alicyclic amines) is 1. The predicted octanol–water partition coefficient (Wildman–Crippen LogP) is 4.62. The van der Waals surface area contributed by atoms with E-state index in [9.17, 15) is 9.18 Å². The van der Waals surface area contributed by atoms with Gasteiger partial charge in [-0.2, -0.15) is 0 Å². The van der Waals surface area contributed by atoms with Crippen LogP contribution in [0.5, 0.6) is 11.5 Å². The highest BCUT2D eigenvalue weighted by molar-refractivity contribution is 5.96. The number of nitrogens with zero attached hydrogens (tertiary/aromatic N) is 2. The van der Waals surface area contributed by atoms with Crippen molar-refractivity contribution < 1.29 is 13.9 Å². The molecular formula is C23H22FN3O2. The monoisotopic (exact) mass is 391 g/mol. The molecule has 0 saturated carbocycles. The van der Waals surface area contributed by atoms with Gasteiger partial charge in [-0.25, -0.2) is 4.39 Å². The lowest BCUT2D eigenvalue weighted by Crippen LogP contribution is -2.39. The molecule has 0 bridgehead atoms. The summed E-state index contributed by atoms with van der Waals surface area (Å²) in [4.78, 5) is 19.2. The van der Waals surface area contributed by atoms with Crippen molar-refractivity contribution in [3.05, 3.63) is 84.4 Å². The first-order valence-corrected chi connectivity index (χ1v) is 9.65. The van der Waals surface area contributed by atoms with Crippen molar-refractivity contribution in [2.45, 2.75) is 25.4 Å². The number of hydrogen-bond acceptors (Lipinski definition) is 4. The van der Waals surface area contributed by atoms with Crippen LogP contribution in [0.3, 0.4) is 0 Å². The molecule has 0 radical (unpaired) electrons. The standard InChI is InChI=1S/C23H22FN3O2/c24-18-11-9-17(10-12-18)16-27-14-4-7-21(27)23(28)26-20-6-1-2-8-22(20)29-19-5-3-13-25-15-19/h1-3,5-6,8-13,15,21H,4,7,14,16H2,(H,26,28)/t21-/m0/s1. The van der Waals surface area contributed by atoms with Crippen LogP contribution in [-0.4, -0.2) is 28.4 Å². The highest BCUT2D eigenvalue weighted by atomic mass is 19.1. The second-order valence-corrected chi connectivity index (χ2v) is 7.03. The number of pyridine rings is 1. The van der Waals surface area contributed by atoms with Crippen LogP contribution in [-0.2, 0) is 11.3 Å². The molecule has 1 aromatic heterocycles. The molecule has 0 spiro atoms. The molecule has 0 unspecified atom stereocenters. The van der Waals surface area contributed by atoms with Crippen LogP contribution in [0.15, 0.2) is 73.1 Å². The van der Waals surface area contributed by atoms with E-state index in [-0.39, 0.29) is 17.8 Å². The number of ether oxygens (including phenoxy) is 1. The Morgan fingerprint density at radius 1 is 1.14 bits per heavy atom. The van der Waals surface area contributed by atoms with Crippen molar-refractivity contribution in [2.75, 3.05) is 11.9 Å². The third-order valence-electron chi connectivity index (χ3n) is 4.97. The number of anilines is 1. The summed E-state index contributed by atoms with van der Waals surface area (Å²) >= 11 is 0. The Hall–Kier alpha value is -3.25. The van der Waals surface area contributed by atoms with Gasteiger partial charge in [0.2, 0.25) is 5.91 Å². The molecule has 1 amide bonds. The van der Waals surface area contributed by atoms with Crippen molar-refractivity contribution in [1.82, 2.24) is 9.88 Å². The first-order chi connectivity index (χ1) is 14.2. The summed E-state index contributed by atoms with van der Waals surface area (Å²) in [6.07, 6.45) is 5.04. The molecule has 29 heavy (non-hydrogen) atoms. The van der Waals surface area contributed by atoms with Crippen LogP contribution < -0.4 is 10.1 Å². The number of hydrogen-bond donors (Lipinski definition) is 1. The Morgan fingerprint density at radius 2 is 1.97 bits per heavy atom. The van der Waals surface area contributed by atoms with Crippen LogP contribution in [0.25, 0.3) is 0 Å². The summed E-state index contributed by atoms with van der Waals surface area (Å²) in [5.41, 5.74) is 1.61. The van der Waals surface area contributed by atoms with Gasteiger partial charge in [-0.15, -0.1) is 0 Å². The summed E-state index contributed by atoms with van der Waals surface area (Å²) in [5.74, 6) is 0.853. The zero-order valence-electron chi connectivity index (χ0n) is 15.9. The van der Waals surface area contributed by atoms with E-state index >= 15 is 0 Å². The minimum Gasteiger partial charge on any atom is -0.454 e. The second-order valence-electron chi connectivity index (χ2n) is 7.03. The van der Waals surface area contributed by atoms with Gasteiger partial charge in [0.25, 0.3) is 0 Å². The normalized spacial score (nSPS) is 16.5. The van der Waals surface area contributed by atoms with E-state index in [4.69, 9.17) is 4.74 Å². The number of aromatic nitrogens is 1. The molecule has 3 aromatic rings. The molecule has 1 N–H and O–H groups in total. The van der Waals surface area contributed by atoms with Crippen LogP contribution >= 0.6 is 0 Å². The zero-order chi connectivity index (χ0) is 20.1. The van der Waals surface area contributed by atoms with E-state index in [0.29, 0.717) is 23.7 Å². The zero-order valence-corrected chi connectivity index (χ0v) is 15.9. The van der Waals surface area contributed by atoms with Crippen molar-refractivity contribution in [2.24, 2.45) is 0 Å². The molecule has 1 aliphatic heterocycles. The fourth-order valence-corrected chi connectivity index (χ4v) is 3.55. The molecule has 1 saturated heterocycles. The molecule has 1 fully saturated rings. The molecule has 148 valence electrons. The van der Waals surface area contributed by atoms with E-state index in [1.54, 1.807) is 30.6 Å². The lowest BCUT2D eigenvalue weighted by atomic mass is 10.1. The average Bonchev–Trinajstić information content (AvgIpc) is 3.20. The number of carbonyl (C=O) groups excluding carboxylic acids is 1. The maximum atomic E-state index is 13.1. The van der Waals surface area contributed by atoms with Gasteiger partial charge >= 0.3 is 0 Å². The molecule has 5 nitrogen and oxygen atoms in total. The summed E-state index contributed by atoms with van der Waals surface area (Å²) < 4.78 is 19.0. The minimum atomic E-state index is -0.255. The molecule has 6 heteroatoms. The van der Waals surface area contributed by atoms with Gasteiger partial charge in [-0.1, -0.05) is 24.3 Å². The largest absolute Gasteiger partial charge is 0.454 e. The fraction of sp³-hybridized carbons (Fsp3) is 0.217. The number of benzene rings is 2. The lowest BCUT2D eigenvalue weighted by Gasteiger charge is -2.24. The third kappa shape index (κ3) is 4.78. The summed E-state index contributed by atoms with van der Waals surface area (Å²) in [5, 5.41) is 3.01. The Kier molecular flexibility index (Phi) is 5.81. The van der Waals surface area contributed by atoms with E-state index < -0.39 is 0 Å². The van der Waals surface area contributed by atoms with E-state index in [1.807, 2.05) is 30.3 Å². The molecule has 0 aliphatic carbocycles. The fourth-order valence-electron chi connectivity index (χ4n) is 3.55. The van der Waals surface area contributed by atoms with Gasteiger partial charge in [0, 0.05) is 12.7 Å². The number of halogens is 1. The Balaban J connectivity index is 1.45. The summed E-state index contributed by atoms with van der Waals surface area (Å²) in [6, 6.07) is 17.2. The summed E-state index contributed by atoms with van der Waals surface area (Å²) in [6.45, 7) is 1.45. The van der Waals surface area contributed by atoms with Crippen molar-refractivity contribution in [3.63, 3.8) is 0 Å². The quantitative estimate of drug-likeness (QED) is 0.666. The van der Waals surface area contributed by atoms with Crippen LogP contribution in [0.1, 0.15) is 18.4 Å². The lowest BCUT2D eigenvalue weighted by molar-refractivity contribution is -0.120. The highest BCUT2D eigenvalue weighted by Crippen LogP contribution is 2.30. The summed E-state index contributed by atoms with van der Waals surface area (Å²) in [7, 11) is 0. The SMILES string of the molecule is O=C(Nc1ccccc1Oc1cccnc1)[C@@H]1CCCN1Cc1ccc(F)cc1. The van der Waals surface area contributed by atoms with E-state index in [1.165, 1.54) is 12.1 Å². The predicted molar refractivity (Wildman–Crippen MR) is 109 cm³/mol. The van der Waals surface area contributed by atoms with Crippen molar-refractivity contribution >= 4 is 11.6 Å². The average molecular weight is 391 g/mol. The van der Waals surface area contributed by atoms with E-state index in [0.717, 1.165) is 24.9 Å². The number of rotatable bonds is 6. The Bertz CT molecular complexity index is 963. The van der Waals surface area contributed by atoms with Crippen LogP contribution in [0, 0.1) is 5.82 Å². The van der Waals surface area contributed by atoms with Crippen LogP contribution in [0.2, 0.25) is 0 Å². The molecular weight excluding hydrogens is 369 g/mol. The minimum absolute atomic E-state index is 0.0631. The molecule has 2 heterocycles. The van der Waals surface area contributed by atoms with Gasteiger partial charge in [0.1, 0.15) is 11.6 Å². The second kappa shape index (κ2) is 8.84. The maximum Gasteiger partial charge on any atom is 0.241 e. The topological polar surface area (TPSA) is 54.5 Å². The van der Waals surface area contributed by atoms with Gasteiger partial charge in [0.05, 0.1) is 17.9 Å². The molecule has 2 aromatic carbocycles. The number of nitrogens with one attached hydrogen (secondary N) is 1. The van der Waals surface area contributed by atoms with Gasteiger partial charge in [-0.05, 0) is 61.3 Å². The van der Waals surface area contributed by atoms with Gasteiger partial charge in [0.15, 0.2) is 5.75 Å². The molecule has 4 rings (SSSR count). The Morgan fingerprint density at radius 3 is 2.76 bits per heavy atom.